The van der Waals surface area contributed by atoms with Gasteiger partial charge in [-0.15, -0.1) is 0 Å². The minimum atomic E-state index is -4.23. The molecule has 2 N–H and O–H groups in total. The fourth-order valence-corrected chi connectivity index (χ4v) is 1.04. The Hall–Kier alpha value is 0.110. The zero-order valence-electron chi connectivity index (χ0n) is 6.86. The molecule has 0 radical (unpaired) electrons. The van der Waals surface area contributed by atoms with Crippen molar-refractivity contribution in [1.82, 2.24) is 0 Å². The maximum Gasteiger partial charge on any atom is 0.469 e. The molecule has 0 unspecified atom stereocenters. The molecule has 0 spiro atoms. The summed E-state index contributed by atoms with van der Waals surface area (Å²) in [5, 5.41) is 0. The van der Waals surface area contributed by atoms with Crippen molar-refractivity contribution in [3.05, 3.63) is 0 Å². The van der Waals surface area contributed by atoms with Crippen molar-refractivity contribution < 1.29 is 18.9 Å². The van der Waals surface area contributed by atoms with E-state index in [0.717, 1.165) is 6.42 Å². The Morgan fingerprint density at radius 2 is 2.00 bits per heavy atom. The van der Waals surface area contributed by atoms with Gasteiger partial charge in [-0.25, -0.2) is 4.57 Å². The van der Waals surface area contributed by atoms with Crippen LogP contribution in [0.5, 0.6) is 0 Å². The van der Waals surface area contributed by atoms with Gasteiger partial charge >= 0.3 is 7.82 Å². The van der Waals surface area contributed by atoms with Gasteiger partial charge in [-0.1, -0.05) is 13.8 Å². The summed E-state index contributed by atoms with van der Waals surface area (Å²) in [4.78, 5) is 16.5. The molecule has 0 heterocycles. The second-order valence-electron chi connectivity index (χ2n) is 2.86. The van der Waals surface area contributed by atoms with Gasteiger partial charge < -0.3 is 9.79 Å². The Morgan fingerprint density at radius 3 is 2.36 bits per heavy atom. The van der Waals surface area contributed by atoms with Crippen LogP contribution in [0.4, 0.5) is 0 Å². The Kier molecular flexibility index (Phi) is 4.93. The molecule has 0 rings (SSSR count). The first-order valence-electron chi connectivity index (χ1n) is 3.62. The average molecular weight is 182 g/mol. The lowest BCUT2D eigenvalue weighted by Gasteiger charge is -2.05. The van der Waals surface area contributed by atoms with Crippen LogP contribution in [0.3, 0.4) is 0 Å². The maximum absolute atomic E-state index is 10.1. The van der Waals surface area contributed by atoms with Crippen LogP contribution < -0.4 is 0 Å². The molecule has 0 bridgehead atoms. The first-order valence-corrected chi connectivity index (χ1v) is 5.15. The van der Waals surface area contributed by atoms with E-state index >= 15 is 0 Å². The van der Waals surface area contributed by atoms with Crippen LogP contribution >= 0.6 is 7.82 Å². The summed E-state index contributed by atoms with van der Waals surface area (Å²) < 4.78 is 14.4. The molecular weight excluding hydrogens is 167 g/mol. The second kappa shape index (κ2) is 4.88. The third kappa shape index (κ3) is 10.1. The third-order valence-electron chi connectivity index (χ3n) is 1.19. The normalized spacial score (nSPS) is 12.5. The van der Waals surface area contributed by atoms with Crippen LogP contribution in [-0.4, -0.2) is 16.4 Å². The lowest BCUT2D eigenvalue weighted by Crippen LogP contribution is -1.95. The molecule has 68 valence electrons. The Bertz CT molecular complexity index is 140. The quantitative estimate of drug-likeness (QED) is 0.499. The van der Waals surface area contributed by atoms with E-state index in [1.807, 2.05) is 0 Å². The highest BCUT2D eigenvalue weighted by atomic mass is 31.2. The van der Waals surface area contributed by atoms with Gasteiger partial charge in [-0.05, 0) is 18.8 Å². The van der Waals surface area contributed by atoms with E-state index in [2.05, 4.69) is 18.4 Å². The van der Waals surface area contributed by atoms with Gasteiger partial charge in [0, 0.05) is 0 Å². The van der Waals surface area contributed by atoms with Crippen molar-refractivity contribution in [2.24, 2.45) is 5.92 Å². The zero-order valence-corrected chi connectivity index (χ0v) is 7.75. The van der Waals surface area contributed by atoms with Gasteiger partial charge in [-0.2, -0.15) is 0 Å². The van der Waals surface area contributed by atoms with Crippen molar-refractivity contribution in [2.45, 2.75) is 26.7 Å². The summed E-state index contributed by atoms with van der Waals surface area (Å²) in [6.07, 6.45) is 1.63. The average Bonchev–Trinajstić information content (AvgIpc) is 1.78. The van der Waals surface area contributed by atoms with Gasteiger partial charge in [0.1, 0.15) is 0 Å². The van der Waals surface area contributed by atoms with Gasteiger partial charge in [0.2, 0.25) is 0 Å². The minimum Gasteiger partial charge on any atom is -0.303 e. The van der Waals surface area contributed by atoms with E-state index in [1.165, 1.54) is 0 Å². The third-order valence-corrected chi connectivity index (χ3v) is 1.70. The molecule has 0 aliphatic carbocycles. The maximum atomic E-state index is 10.1. The summed E-state index contributed by atoms with van der Waals surface area (Å²) in [6.45, 7) is 4.25. The molecule has 0 atom stereocenters. The van der Waals surface area contributed by atoms with E-state index in [1.54, 1.807) is 0 Å². The van der Waals surface area contributed by atoms with Crippen molar-refractivity contribution in [1.29, 1.82) is 0 Å². The molecular formula is C6H15O4P. The molecule has 5 heteroatoms. The summed E-state index contributed by atoms with van der Waals surface area (Å²) in [7, 11) is -4.23. The monoisotopic (exact) mass is 182 g/mol. The fourth-order valence-electron chi connectivity index (χ4n) is 0.675. The van der Waals surface area contributed by atoms with Crippen molar-refractivity contribution in [3.8, 4) is 0 Å². The summed E-state index contributed by atoms with van der Waals surface area (Å²) in [5.74, 6) is 0.551. The second-order valence-corrected chi connectivity index (χ2v) is 4.10. The summed E-state index contributed by atoms with van der Waals surface area (Å²) in [6, 6.07) is 0. The number of rotatable bonds is 5. The molecule has 0 aromatic heterocycles. The van der Waals surface area contributed by atoms with E-state index in [0.29, 0.717) is 12.3 Å². The predicted octanol–water partition coefficient (Wildman–Crippen LogP) is 1.53. The molecule has 0 aromatic carbocycles. The van der Waals surface area contributed by atoms with Crippen LogP contribution in [0.2, 0.25) is 0 Å². The van der Waals surface area contributed by atoms with Crippen LogP contribution in [0.15, 0.2) is 0 Å². The van der Waals surface area contributed by atoms with Gasteiger partial charge in [0.05, 0.1) is 6.61 Å². The number of phosphoric acid groups is 1. The lowest BCUT2D eigenvalue weighted by molar-refractivity contribution is 0.191. The number of hydrogen-bond donors (Lipinski definition) is 2. The molecule has 0 saturated carbocycles. The van der Waals surface area contributed by atoms with Crippen LogP contribution in [0.25, 0.3) is 0 Å². The Balaban J connectivity index is 3.22. The smallest absolute Gasteiger partial charge is 0.303 e. The molecule has 4 nitrogen and oxygen atoms in total. The minimum absolute atomic E-state index is 0.141. The Labute approximate surface area is 66.8 Å². The van der Waals surface area contributed by atoms with Crippen molar-refractivity contribution in [2.75, 3.05) is 6.61 Å². The largest absolute Gasteiger partial charge is 0.469 e. The molecule has 0 aliphatic heterocycles. The number of phosphoric ester groups is 1. The van der Waals surface area contributed by atoms with E-state index in [9.17, 15) is 4.57 Å². The molecule has 0 aliphatic rings. The van der Waals surface area contributed by atoms with Crippen molar-refractivity contribution >= 4 is 7.82 Å². The SMILES string of the molecule is CC(C)CCCOP(=O)(O)O. The van der Waals surface area contributed by atoms with Crippen molar-refractivity contribution in [3.63, 3.8) is 0 Å². The van der Waals surface area contributed by atoms with Gasteiger partial charge in [0.15, 0.2) is 0 Å². The lowest BCUT2D eigenvalue weighted by atomic mass is 10.1. The highest BCUT2D eigenvalue weighted by Gasteiger charge is 2.12. The molecule has 0 saturated heterocycles. The van der Waals surface area contributed by atoms with Crippen LogP contribution in [-0.2, 0) is 9.09 Å². The van der Waals surface area contributed by atoms with Crippen LogP contribution in [0.1, 0.15) is 26.7 Å². The van der Waals surface area contributed by atoms with Gasteiger partial charge in [-0.3, -0.25) is 4.52 Å². The molecule has 11 heavy (non-hydrogen) atoms. The highest BCUT2D eigenvalue weighted by Crippen LogP contribution is 2.35. The topological polar surface area (TPSA) is 66.8 Å². The van der Waals surface area contributed by atoms with Gasteiger partial charge in [0.25, 0.3) is 0 Å². The van der Waals surface area contributed by atoms with E-state index in [4.69, 9.17) is 9.79 Å². The van der Waals surface area contributed by atoms with Crippen LogP contribution in [0, 0.1) is 5.92 Å². The van der Waals surface area contributed by atoms with E-state index in [-0.39, 0.29) is 6.61 Å². The molecule has 0 amide bonds. The fraction of sp³-hybridized carbons (Fsp3) is 1.00. The first kappa shape index (κ1) is 11.1. The predicted molar refractivity (Wildman–Crippen MR) is 42.1 cm³/mol. The summed E-state index contributed by atoms with van der Waals surface area (Å²) >= 11 is 0. The zero-order chi connectivity index (χ0) is 8.91. The molecule has 0 fully saturated rings. The first-order chi connectivity index (χ1) is 4.92. The van der Waals surface area contributed by atoms with E-state index < -0.39 is 7.82 Å². The molecule has 0 aromatic rings. The standard InChI is InChI=1S/C6H15O4P/c1-6(2)4-3-5-10-11(7,8)9/h6H,3-5H2,1-2H3,(H2,7,8,9). The highest BCUT2D eigenvalue weighted by molar-refractivity contribution is 7.46. The number of hydrogen-bond acceptors (Lipinski definition) is 2. The Morgan fingerprint density at radius 1 is 1.45 bits per heavy atom. The summed E-state index contributed by atoms with van der Waals surface area (Å²) in [5.41, 5.74) is 0.